The molecule has 6 N–H and O–H groups in total. The Bertz CT molecular complexity index is 1300. The highest BCUT2D eigenvalue weighted by molar-refractivity contribution is 5.86. The number of esters is 1. The average molecular weight is 476 g/mol. The topological polar surface area (TPSA) is 196 Å². The van der Waals surface area contributed by atoms with E-state index in [4.69, 9.17) is 13.9 Å². The molecule has 34 heavy (non-hydrogen) atoms. The number of aliphatic hydroxyl groups excluding tert-OH is 3. The van der Waals surface area contributed by atoms with Gasteiger partial charge in [0.2, 0.25) is 6.29 Å². The van der Waals surface area contributed by atoms with Crippen LogP contribution in [0.15, 0.2) is 45.6 Å². The van der Waals surface area contributed by atoms with Crippen molar-refractivity contribution in [2.24, 2.45) is 0 Å². The lowest BCUT2D eigenvalue weighted by atomic mass is 9.99. The molecule has 1 aliphatic rings. The second-order valence-electron chi connectivity index (χ2n) is 7.53. The highest BCUT2D eigenvalue weighted by Gasteiger charge is 2.48. The molecule has 1 saturated heterocycles. The molecule has 180 valence electrons. The minimum atomic E-state index is -1.83. The van der Waals surface area contributed by atoms with Crippen molar-refractivity contribution in [1.29, 1.82) is 0 Å². The standard InChI is InChI=1S/C22H20O12/c1-31-21(30)20-18(28)17(27)19(29)22(34-20)33-14-4-8(2-3-10(14)24)13-7-12(26)16-11(25)5-9(23)6-15(16)32-13/h2-7,17-20,22-25,27-29H,1H3/t17-,18-,19+,20-,22+/m0/s1. The van der Waals surface area contributed by atoms with Crippen LogP contribution in [0.3, 0.4) is 0 Å². The van der Waals surface area contributed by atoms with Gasteiger partial charge in [-0.2, -0.15) is 0 Å². The van der Waals surface area contributed by atoms with Gasteiger partial charge in [0.1, 0.15) is 46.5 Å². The van der Waals surface area contributed by atoms with E-state index in [2.05, 4.69) is 4.74 Å². The van der Waals surface area contributed by atoms with Crippen molar-refractivity contribution in [3.8, 4) is 34.3 Å². The lowest BCUT2D eigenvalue weighted by molar-refractivity contribution is -0.272. The Kier molecular flexibility index (Phi) is 6.06. The molecule has 2 heterocycles. The number of carbonyl (C=O) groups is 1. The van der Waals surface area contributed by atoms with Crippen LogP contribution in [0, 0.1) is 0 Å². The summed E-state index contributed by atoms with van der Waals surface area (Å²) in [6, 6.07) is 7.00. The molecule has 2 aromatic carbocycles. The number of fused-ring (bicyclic) bond motifs is 1. The maximum Gasteiger partial charge on any atom is 0.337 e. The molecule has 1 aliphatic heterocycles. The van der Waals surface area contributed by atoms with Crippen molar-refractivity contribution in [1.82, 2.24) is 0 Å². The van der Waals surface area contributed by atoms with Crippen molar-refractivity contribution in [2.75, 3.05) is 7.11 Å². The van der Waals surface area contributed by atoms with E-state index in [1.165, 1.54) is 18.2 Å². The third kappa shape index (κ3) is 4.10. The molecule has 0 saturated carbocycles. The zero-order valence-electron chi connectivity index (χ0n) is 17.5. The van der Waals surface area contributed by atoms with Crippen LogP contribution in [-0.4, -0.2) is 74.4 Å². The van der Waals surface area contributed by atoms with Crippen LogP contribution in [0.25, 0.3) is 22.3 Å². The monoisotopic (exact) mass is 476 g/mol. The molecule has 0 aliphatic carbocycles. The number of ether oxygens (including phenoxy) is 3. The van der Waals surface area contributed by atoms with E-state index < -0.39 is 53.6 Å². The number of hydrogen-bond acceptors (Lipinski definition) is 12. The normalized spacial score (nSPS) is 24.6. The molecule has 4 rings (SSSR count). The zero-order valence-corrected chi connectivity index (χ0v) is 17.5. The summed E-state index contributed by atoms with van der Waals surface area (Å²) in [4.78, 5) is 24.3. The van der Waals surface area contributed by atoms with Crippen molar-refractivity contribution < 1.29 is 54.1 Å². The predicted octanol–water partition coefficient (Wildman–Crippen LogP) is -0.0638. The quantitative estimate of drug-likeness (QED) is 0.275. The van der Waals surface area contributed by atoms with Gasteiger partial charge in [-0.3, -0.25) is 4.79 Å². The first-order valence-electron chi connectivity index (χ1n) is 9.88. The largest absolute Gasteiger partial charge is 0.508 e. The van der Waals surface area contributed by atoms with Crippen molar-refractivity contribution in [3.05, 3.63) is 46.6 Å². The van der Waals surface area contributed by atoms with Crippen LogP contribution in [-0.2, 0) is 14.3 Å². The van der Waals surface area contributed by atoms with Crippen molar-refractivity contribution in [3.63, 3.8) is 0 Å². The van der Waals surface area contributed by atoms with Crippen LogP contribution >= 0.6 is 0 Å². The predicted molar refractivity (Wildman–Crippen MR) is 112 cm³/mol. The van der Waals surface area contributed by atoms with Gasteiger partial charge in [-0.1, -0.05) is 0 Å². The van der Waals surface area contributed by atoms with E-state index >= 15 is 0 Å². The lowest BCUT2D eigenvalue weighted by Gasteiger charge is -2.38. The van der Waals surface area contributed by atoms with Gasteiger partial charge >= 0.3 is 5.97 Å². The molecule has 0 radical (unpaired) electrons. The lowest BCUT2D eigenvalue weighted by Crippen LogP contribution is -2.61. The molecular weight excluding hydrogens is 456 g/mol. The summed E-state index contributed by atoms with van der Waals surface area (Å²) >= 11 is 0. The molecule has 1 aromatic heterocycles. The van der Waals surface area contributed by atoms with E-state index in [1.807, 2.05) is 0 Å². The number of benzene rings is 2. The highest BCUT2D eigenvalue weighted by atomic mass is 16.7. The minimum Gasteiger partial charge on any atom is -0.508 e. The van der Waals surface area contributed by atoms with Gasteiger partial charge in [0.05, 0.1) is 7.11 Å². The Morgan fingerprint density at radius 1 is 0.941 bits per heavy atom. The maximum absolute atomic E-state index is 12.5. The van der Waals surface area contributed by atoms with Crippen molar-refractivity contribution >= 4 is 16.9 Å². The molecule has 12 heteroatoms. The van der Waals surface area contributed by atoms with Crippen LogP contribution in [0.5, 0.6) is 23.0 Å². The fraction of sp³-hybridized carbons (Fsp3) is 0.273. The summed E-state index contributed by atoms with van der Waals surface area (Å²) in [6.45, 7) is 0. The number of carbonyl (C=O) groups excluding carboxylic acids is 1. The van der Waals surface area contributed by atoms with E-state index in [0.29, 0.717) is 0 Å². The first-order chi connectivity index (χ1) is 16.1. The zero-order chi connectivity index (χ0) is 24.7. The number of rotatable bonds is 4. The van der Waals surface area contributed by atoms with E-state index in [-0.39, 0.29) is 33.8 Å². The Morgan fingerprint density at radius 2 is 1.68 bits per heavy atom. The number of methoxy groups -OCH3 is 1. The highest BCUT2D eigenvalue weighted by Crippen LogP contribution is 2.36. The Balaban J connectivity index is 1.69. The Labute approximate surface area is 190 Å². The van der Waals surface area contributed by atoms with Crippen LogP contribution < -0.4 is 10.2 Å². The fourth-order valence-corrected chi connectivity index (χ4v) is 3.54. The van der Waals surface area contributed by atoms with Gasteiger partial charge < -0.3 is 49.3 Å². The van der Waals surface area contributed by atoms with E-state index in [1.54, 1.807) is 0 Å². The molecule has 3 aromatic rings. The summed E-state index contributed by atoms with van der Waals surface area (Å²) in [6.07, 6.45) is -8.78. The fourth-order valence-electron chi connectivity index (χ4n) is 3.54. The maximum atomic E-state index is 12.5. The Hall–Kier alpha value is -3.84. The van der Waals surface area contributed by atoms with Gasteiger partial charge in [0.15, 0.2) is 23.0 Å². The average Bonchev–Trinajstić information content (AvgIpc) is 2.79. The molecular formula is C22H20O12. The Morgan fingerprint density at radius 3 is 2.38 bits per heavy atom. The van der Waals surface area contributed by atoms with E-state index in [9.17, 15) is 40.2 Å². The number of phenolic OH excluding ortho intramolecular Hbond substituents is 3. The van der Waals surface area contributed by atoms with Gasteiger partial charge in [-0.25, -0.2) is 4.79 Å². The van der Waals surface area contributed by atoms with Gasteiger partial charge in [0, 0.05) is 23.8 Å². The summed E-state index contributed by atoms with van der Waals surface area (Å²) in [5, 5.41) is 59.9. The smallest absolute Gasteiger partial charge is 0.337 e. The van der Waals surface area contributed by atoms with Crippen LogP contribution in [0.1, 0.15) is 0 Å². The number of aromatic hydroxyl groups is 3. The molecule has 0 amide bonds. The molecule has 12 nitrogen and oxygen atoms in total. The van der Waals surface area contributed by atoms with Gasteiger partial charge in [0.25, 0.3) is 0 Å². The summed E-state index contributed by atoms with van der Waals surface area (Å²) in [5.41, 5.74) is -0.488. The third-order valence-electron chi connectivity index (χ3n) is 5.29. The van der Waals surface area contributed by atoms with Crippen LogP contribution in [0.4, 0.5) is 0 Å². The van der Waals surface area contributed by atoms with Gasteiger partial charge in [-0.15, -0.1) is 0 Å². The van der Waals surface area contributed by atoms with E-state index in [0.717, 1.165) is 25.3 Å². The molecule has 1 fully saturated rings. The van der Waals surface area contributed by atoms with Crippen LogP contribution in [0.2, 0.25) is 0 Å². The van der Waals surface area contributed by atoms with Gasteiger partial charge in [-0.05, 0) is 18.2 Å². The number of aliphatic hydroxyl groups is 3. The molecule has 0 bridgehead atoms. The summed E-state index contributed by atoms with van der Waals surface area (Å²) in [5.74, 6) is -2.53. The molecule has 0 unspecified atom stereocenters. The second kappa shape index (κ2) is 8.83. The summed E-state index contributed by atoms with van der Waals surface area (Å²) in [7, 11) is 1.04. The number of phenols is 3. The third-order valence-corrected chi connectivity index (χ3v) is 5.29. The van der Waals surface area contributed by atoms with Crippen molar-refractivity contribution in [2.45, 2.75) is 30.7 Å². The molecule has 0 spiro atoms. The summed E-state index contributed by atoms with van der Waals surface area (Å²) < 4.78 is 20.8. The SMILES string of the molecule is COC(=O)[C@H]1O[C@@H](Oc2cc(-c3cc(=O)c4c(O)cc(O)cc4o3)ccc2O)[C@H](O)[C@@H](O)[C@@H]1O. The minimum absolute atomic E-state index is 0.0136. The number of hydrogen-bond donors (Lipinski definition) is 6. The first kappa shape index (κ1) is 23.3. The first-order valence-corrected chi connectivity index (χ1v) is 9.88. The second-order valence-corrected chi connectivity index (χ2v) is 7.53. The molecule has 5 atom stereocenters.